The van der Waals surface area contributed by atoms with Gasteiger partial charge in [0.25, 0.3) is 10.0 Å². The molecule has 0 bridgehead atoms. The first kappa shape index (κ1) is 14.0. The lowest BCUT2D eigenvalue weighted by molar-refractivity contribution is 0.598. The average molecular weight is 344 g/mol. The highest BCUT2D eigenvalue weighted by atomic mass is 79.9. The van der Waals surface area contributed by atoms with Gasteiger partial charge in [-0.3, -0.25) is 4.72 Å². The third-order valence-corrected chi connectivity index (χ3v) is 4.84. The minimum Gasteiger partial charge on any atom is -0.277 e. The number of rotatable bonds is 3. The largest absolute Gasteiger partial charge is 0.277 e. The molecule has 3 nitrogen and oxygen atoms in total. The molecule has 0 aliphatic carbocycles. The molecule has 0 radical (unpaired) electrons. The van der Waals surface area contributed by atoms with E-state index in [1.165, 1.54) is 24.3 Å². The number of halogens is 2. The summed E-state index contributed by atoms with van der Waals surface area (Å²) in [5, 5.41) is 0. The molecule has 6 heteroatoms. The highest BCUT2D eigenvalue weighted by Crippen LogP contribution is 2.25. The van der Waals surface area contributed by atoms with Crippen LogP contribution in [0.15, 0.2) is 51.8 Å². The van der Waals surface area contributed by atoms with Crippen molar-refractivity contribution in [2.75, 3.05) is 4.72 Å². The second kappa shape index (κ2) is 5.30. The molecule has 0 aliphatic rings. The van der Waals surface area contributed by atoms with Crippen LogP contribution in [-0.4, -0.2) is 8.42 Å². The molecule has 2 aromatic carbocycles. The van der Waals surface area contributed by atoms with Crippen LogP contribution in [-0.2, 0) is 10.0 Å². The number of anilines is 1. The fraction of sp³-hybridized carbons (Fsp3) is 0.0769. The van der Waals surface area contributed by atoms with Crippen LogP contribution in [0.2, 0.25) is 0 Å². The van der Waals surface area contributed by atoms with Crippen LogP contribution in [0.1, 0.15) is 5.56 Å². The molecule has 0 atom stereocenters. The summed E-state index contributed by atoms with van der Waals surface area (Å²) in [4.78, 5) is 0.0707. The lowest BCUT2D eigenvalue weighted by Gasteiger charge is -2.10. The summed E-state index contributed by atoms with van der Waals surface area (Å²) < 4.78 is 40.5. The van der Waals surface area contributed by atoms with E-state index in [4.69, 9.17) is 0 Å². The zero-order valence-electron chi connectivity index (χ0n) is 10.0. The van der Waals surface area contributed by atoms with Gasteiger partial charge in [0.1, 0.15) is 10.7 Å². The van der Waals surface area contributed by atoms with Gasteiger partial charge in [0.05, 0.1) is 5.69 Å². The second-order valence-electron chi connectivity index (χ2n) is 4.02. The van der Waals surface area contributed by atoms with Gasteiger partial charge < -0.3 is 0 Å². The number of sulfonamides is 1. The summed E-state index contributed by atoms with van der Waals surface area (Å²) in [6.07, 6.45) is 0. The van der Waals surface area contributed by atoms with Gasteiger partial charge in [-0.05, 0) is 52.7 Å². The fourth-order valence-corrected chi connectivity index (χ4v) is 3.83. The van der Waals surface area contributed by atoms with Gasteiger partial charge in [-0.15, -0.1) is 0 Å². The van der Waals surface area contributed by atoms with Gasteiger partial charge in [0, 0.05) is 4.47 Å². The van der Waals surface area contributed by atoms with E-state index in [1.54, 1.807) is 18.2 Å². The number of benzene rings is 2. The van der Waals surface area contributed by atoms with Gasteiger partial charge in [-0.2, -0.15) is 0 Å². The van der Waals surface area contributed by atoms with E-state index in [9.17, 15) is 12.8 Å². The molecule has 100 valence electrons. The van der Waals surface area contributed by atoms with Crippen molar-refractivity contribution in [3.05, 3.63) is 58.3 Å². The average Bonchev–Trinajstić information content (AvgIpc) is 2.31. The van der Waals surface area contributed by atoms with Crippen molar-refractivity contribution >= 4 is 31.6 Å². The Labute approximate surface area is 119 Å². The topological polar surface area (TPSA) is 46.2 Å². The highest BCUT2D eigenvalue weighted by Gasteiger charge is 2.18. The molecule has 0 saturated carbocycles. The van der Waals surface area contributed by atoms with Gasteiger partial charge in [0.15, 0.2) is 0 Å². The van der Waals surface area contributed by atoms with Gasteiger partial charge in [-0.1, -0.05) is 18.2 Å². The van der Waals surface area contributed by atoms with Crippen molar-refractivity contribution in [2.45, 2.75) is 11.8 Å². The van der Waals surface area contributed by atoms with Crippen molar-refractivity contribution in [3.8, 4) is 0 Å². The Morgan fingerprint density at radius 2 is 1.84 bits per heavy atom. The molecule has 2 aromatic rings. The molecular formula is C13H11BrFNO2S. The number of nitrogens with one attached hydrogen (secondary N) is 1. The van der Waals surface area contributed by atoms with E-state index in [0.717, 1.165) is 5.56 Å². The lowest BCUT2D eigenvalue weighted by Crippen LogP contribution is -2.14. The Bertz CT molecular complexity index is 716. The predicted molar refractivity (Wildman–Crippen MR) is 76.1 cm³/mol. The molecule has 2 rings (SSSR count). The maximum absolute atomic E-state index is 13.5. The van der Waals surface area contributed by atoms with Crippen molar-refractivity contribution in [1.29, 1.82) is 0 Å². The molecule has 0 saturated heterocycles. The molecule has 0 aliphatic heterocycles. The zero-order valence-corrected chi connectivity index (χ0v) is 12.4. The summed E-state index contributed by atoms with van der Waals surface area (Å²) in [6.45, 7) is 1.85. The molecule has 0 fully saturated rings. The fourth-order valence-electron chi connectivity index (χ4n) is 1.57. The third-order valence-electron chi connectivity index (χ3n) is 2.50. The Kier molecular flexibility index (Phi) is 3.91. The van der Waals surface area contributed by atoms with E-state index in [0.29, 0.717) is 4.47 Å². The Morgan fingerprint density at radius 3 is 2.47 bits per heavy atom. The molecule has 1 N–H and O–H groups in total. The van der Waals surface area contributed by atoms with Crippen molar-refractivity contribution in [2.24, 2.45) is 0 Å². The summed E-state index contributed by atoms with van der Waals surface area (Å²) in [6, 6.07) is 10.5. The van der Waals surface area contributed by atoms with E-state index in [2.05, 4.69) is 20.7 Å². The Hall–Kier alpha value is -1.40. The van der Waals surface area contributed by atoms with Crippen molar-refractivity contribution in [1.82, 2.24) is 0 Å². The highest BCUT2D eigenvalue weighted by molar-refractivity contribution is 9.10. The first-order chi connectivity index (χ1) is 8.90. The summed E-state index contributed by atoms with van der Waals surface area (Å²) >= 11 is 3.20. The quantitative estimate of drug-likeness (QED) is 0.923. The van der Waals surface area contributed by atoms with E-state index < -0.39 is 15.8 Å². The maximum atomic E-state index is 13.5. The first-order valence-electron chi connectivity index (χ1n) is 5.43. The molecule has 0 unspecified atom stereocenters. The molecular weight excluding hydrogens is 333 g/mol. The van der Waals surface area contributed by atoms with E-state index >= 15 is 0 Å². The summed E-state index contributed by atoms with van der Waals surface area (Å²) in [5.74, 6) is -0.616. The van der Waals surface area contributed by atoms with E-state index in [-0.39, 0.29) is 10.6 Å². The molecule has 0 heterocycles. The minimum atomic E-state index is -3.82. The van der Waals surface area contributed by atoms with Crippen LogP contribution >= 0.6 is 15.9 Å². The van der Waals surface area contributed by atoms with Crippen LogP contribution in [0.25, 0.3) is 0 Å². The SMILES string of the molecule is Cc1ccc(S(=O)(=O)Nc2ccccc2F)c(Br)c1. The van der Waals surface area contributed by atoms with Crippen LogP contribution in [0.5, 0.6) is 0 Å². The molecule has 0 aromatic heterocycles. The molecule has 0 amide bonds. The monoisotopic (exact) mass is 343 g/mol. The normalized spacial score (nSPS) is 11.3. The summed E-state index contributed by atoms with van der Waals surface area (Å²) in [5.41, 5.74) is 0.853. The number of aryl methyl sites for hydroxylation is 1. The molecule has 0 spiro atoms. The smallest absolute Gasteiger partial charge is 0.263 e. The van der Waals surface area contributed by atoms with Crippen molar-refractivity contribution in [3.63, 3.8) is 0 Å². The van der Waals surface area contributed by atoms with Gasteiger partial charge in [0.2, 0.25) is 0 Å². The van der Waals surface area contributed by atoms with Crippen LogP contribution < -0.4 is 4.72 Å². The maximum Gasteiger partial charge on any atom is 0.263 e. The lowest BCUT2D eigenvalue weighted by atomic mass is 10.2. The number of hydrogen-bond acceptors (Lipinski definition) is 2. The third kappa shape index (κ3) is 3.13. The Morgan fingerprint density at radius 1 is 1.16 bits per heavy atom. The second-order valence-corrected chi connectivity index (χ2v) is 6.52. The van der Waals surface area contributed by atoms with Crippen LogP contribution in [0.3, 0.4) is 0 Å². The first-order valence-corrected chi connectivity index (χ1v) is 7.71. The summed E-state index contributed by atoms with van der Waals surface area (Å²) in [7, 11) is -3.82. The van der Waals surface area contributed by atoms with Gasteiger partial charge in [-0.25, -0.2) is 12.8 Å². The zero-order chi connectivity index (χ0) is 14.0. The minimum absolute atomic E-state index is 0.0707. The van der Waals surface area contributed by atoms with Crippen LogP contribution in [0.4, 0.5) is 10.1 Å². The number of hydrogen-bond donors (Lipinski definition) is 1. The number of para-hydroxylation sites is 1. The van der Waals surface area contributed by atoms with Gasteiger partial charge >= 0.3 is 0 Å². The predicted octanol–water partition coefficient (Wildman–Crippen LogP) is 3.70. The van der Waals surface area contributed by atoms with E-state index in [1.807, 2.05) is 6.92 Å². The van der Waals surface area contributed by atoms with Crippen LogP contribution in [0, 0.1) is 12.7 Å². The standard InChI is InChI=1S/C13H11BrFNO2S/c1-9-6-7-13(10(14)8-9)19(17,18)16-12-5-3-2-4-11(12)15/h2-8,16H,1H3. The van der Waals surface area contributed by atoms with Crippen molar-refractivity contribution < 1.29 is 12.8 Å². The Balaban J connectivity index is 2.41. The molecule has 19 heavy (non-hydrogen) atoms.